The number of furan rings is 1. The SMILES string of the molecule is COCCNCc1coc2c(C)cc(Br)cc12. The highest BCUT2D eigenvalue weighted by molar-refractivity contribution is 9.10. The maximum Gasteiger partial charge on any atom is 0.137 e. The fourth-order valence-corrected chi connectivity index (χ4v) is 2.42. The van der Waals surface area contributed by atoms with Crippen LogP contribution in [0, 0.1) is 6.92 Å². The van der Waals surface area contributed by atoms with E-state index in [-0.39, 0.29) is 0 Å². The smallest absolute Gasteiger partial charge is 0.137 e. The van der Waals surface area contributed by atoms with Crippen molar-refractivity contribution >= 4 is 26.9 Å². The van der Waals surface area contributed by atoms with Gasteiger partial charge in [-0.05, 0) is 24.6 Å². The van der Waals surface area contributed by atoms with Crippen molar-refractivity contribution in [2.24, 2.45) is 0 Å². The fraction of sp³-hybridized carbons (Fsp3) is 0.385. The van der Waals surface area contributed by atoms with Crippen LogP contribution in [0.4, 0.5) is 0 Å². The molecular formula is C13H16BrNO2. The van der Waals surface area contributed by atoms with Crippen LogP contribution in [0.5, 0.6) is 0 Å². The van der Waals surface area contributed by atoms with Crippen molar-refractivity contribution in [1.82, 2.24) is 5.32 Å². The summed E-state index contributed by atoms with van der Waals surface area (Å²) in [5.41, 5.74) is 3.30. The second kappa shape index (κ2) is 5.67. The van der Waals surface area contributed by atoms with Gasteiger partial charge >= 0.3 is 0 Å². The fourth-order valence-electron chi connectivity index (χ4n) is 1.85. The standard InChI is InChI=1S/C13H16BrNO2/c1-9-5-11(14)6-12-10(8-17-13(9)12)7-15-3-4-16-2/h5-6,8,15H,3-4,7H2,1-2H3. The minimum absolute atomic E-state index is 0.721. The number of aryl methyl sites for hydroxylation is 1. The van der Waals surface area contributed by atoms with E-state index in [4.69, 9.17) is 9.15 Å². The zero-order valence-electron chi connectivity index (χ0n) is 10.0. The van der Waals surface area contributed by atoms with Crippen LogP contribution in [-0.4, -0.2) is 20.3 Å². The third kappa shape index (κ3) is 2.89. The van der Waals surface area contributed by atoms with Crippen LogP contribution in [0.15, 0.2) is 27.3 Å². The molecule has 1 aromatic carbocycles. The lowest BCUT2D eigenvalue weighted by molar-refractivity contribution is 0.199. The largest absolute Gasteiger partial charge is 0.464 e. The summed E-state index contributed by atoms with van der Waals surface area (Å²) in [6.07, 6.45) is 1.82. The van der Waals surface area contributed by atoms with Gasteiger partial charge in [0.1, 0.15) is 5.58 Å². The van der Waals surface area contributed by atoms with Gasteiger partial charge in [-0.2, -0.15) is 0 Å². The Hall–Kier alpha value is -0.840. The predicted molar refractivity (Wildman–Crippen MR) is 72.2 cm³/mol. The van der Waals surface area contributed by atoms with Crippen molar-refractivity contribution in [2.45, 2.75) is 13.5 Å². The molecule has 0 saturated heterocycles. The van der Waals surface area contributed by atoms with Gasteiger partial charge in [0.25, 0.3) is 0 Å². The van der Waals surface area contributed by atoms with E-state index in [0.29, 0.717) is 0 Å². The van der Waals surface area contributed by atoms with Gasteiger partial charge in [-0.3, -0.25) is 0 Å². The molecule has 0 saturated carbocycles. The van der Waals surface area contributed by atoms with Crippen LogP contribution >= 0.6 is 15.9 Å². The third-order valence-electron chi connectivity index (χ3n) is 2.70. The molecule has 0 aliphatic heterocycles. The molecule has 4 heteroatoms. The average Bonchev–Trinajstić information content (AvgIpc) is 2.68. The summed E-state index contributed by atoms with van der Waals surface area (Å²) in [6, 6.07) is 4.16. The monoisotopic (exact) mass is 297 g/mol. The number of rotatable bonds is 5. The number of benzene rings is 1. The summed E-state index contributed by atoms with van der Waals surface area (Å²) < 4.78 is 11.7. The molecule has 0 unspecified atom stereocenters. The molecule has 17 heavy (non-hydrogen) atoms. The van der Waals surface area contributed by atoms with Crippen molar-refractivity contribution in [3.8, 4) is 0 Å². The molecule has 3 nitrogen and oxygen atoms in total. The molecule has 0 bridgehead atoms. The lowest BCUT2D eigenvalue weighted by Gasteiger charge is -2.03. The Morgan fingerprint density at radius 1 is 1.41 bits per heavy atom. The highest BCUT2D eigenvalue weighted by Crippen LogP contribution is 2.28. The first kappa shape index (κ1) is 12.6. The van der Waals surface area contributed by atoms with Crippen LogP contribution in [0.1, 0.15) is 11.1 Å². The van der Waals surface area contributed by atoms with Crippen molar-refractivity contribution in [2.75, 3.05) is 20.3 Å². The highest BCUT2D eigenvalue weighted by atomic mass is 79.9. The minimum atomic E-state index is 0.721. The lowest BCUT2D eigenvalue weighted by atomic mass is 10.1. The minimum Gasteiger partial charge on any atom is -0.464 e. The van der Waals surface area contributed by atoms with Crippen molar-refractivity contribution in [3.63, 3.8) is 0 Å². The van der Waals surface area contributed by atoms with Gasteiger partial charge in [0.05, 0.1) is 12.9 Å². The summed E-state index contributed by atoms with van der Waals surface area (Å²) in [6.45, 7) is 4.42. The van der Waals surface area contributed by atoms with Crippen LogP contribution in [0.3, 0.4) is 0 Å². The average molecular weight is 298 g/mol. The third-order valence-corrected chi connectivity index (χ3v) is 3.16. The lowest BCUT2D eigenvalue weighted by Crippen LogP contribution is -2.18. The van der Waals surface area contributed by atoms with E-state index in [1.54, 1.807) is 7.11 Å². The molecule has 0 aliphatic carbocycles. The van der Waals surface area contributed by atoms with Crippen LogP contribution in [0.25, 0.3) is 11.0 Å². The second-order valence-corrected chi connectivity index (χ2v) is 4.95. The topological polar surface area (TPSA) is 34.4 Å². The molecule has 0 fully saturated rings. The quantitative estimate of drug-likeness (QED) is 0.861. The predicted octanol–water partition coefficient (Wildman–Crippen LogP) is 3.24. The molecule has 0 amide bonds. The summed E-state index contributed by atoms with van der Waals surface area (Å²) >= 11 is 3.51. The van der Waals surface area contributed by atoms with Gasteiger partial charge in [0.15, 0.2) is 0 Å². The Kier molecular flexibility index (Phi) is 4.20. The molecule has 1 aromatic heterocycles. The van der Waals surface area contributed by atoms with Crippen LogP contribution in [-0.2, 0) is 11.3 Å². The number of nitrogens with one attached hydrogen (secondary N) is 1. The molecular weight excluding hydrogens is 282 g/mol. The van der Waals surface area contributed by atoms with E-state index in [1.807, 2.05) is 6.26 Å². The highest BCUT2D eigenvalue weighted by Gasteiger charge is 2.08. The Labute approximate surface area is 109 Å². The summed E-state index contributed by atoms with van der Waals surface area (Å²) in [4.78, 5) is 0. The van der Waals surface area contributed by atoms with Gasteiger partial charge in [0, 0.05) is 35.6 Å². The van der Waals surface area contributed by atoms with E-state index in [2.05, 4.69) is 40.3 Å². The summed E-state index contributed by atoms with van der Waals surface area (Å²) in [5, 5.41) is 4.49. The molecule has 2 rings (SSSR count). The van der Waals surface area contributed by atoms with E-state index in [9.17, 15) is 0 Å². The maximum atomic E-state index is 5.60. The van der Waals surface area contributed by atoms with E-state index < -0.39 is 0 Å². The first-order valence-electron chi connectivity index (χ1n) is 5.58. The summed E-state index contributed by atoms with van der Waals surface area (Å²) in [5.74, 6) is 0. The maximum absolute atomic E-state index is 5.60. The van der Waals surface area contributed by atoms with Gasteiger partial charge in [0.2, 0.25) is 0 Å². The first-order chi connectivity index (χ1) is 8.22. The zero-order chi connectivity index (χ0) is 12.3. The van der Waals surface area contributed by atoms with Gasteiger partial charge in [-0.1, -0.05) is 15.9 Å². The van der Waals surface area contributed by atoms with Crippen molar-refractivity contribution in [1.29, 1.82) is 0 Å². The van der Waals surface area contributed by atoms with Gasteiger partial charge in [-0.15, -0.1) is 0 Å². The Morgan fingerprint density at radius 3 is 3.00 bits per heavy atom. The molecule has 0 radical (unpaired) electrons. The molecule has 2 aromatic rings. The Bertz CT molecular complexity index is 507. The van der Waals surface area contributed by atoms with E-state index >= 15 is 0 Å². The van der Waals surface area contributed by atoms with Crippen LogP contribution < -0.4 is 5.32 Å². The molecule has 1 heterocycles. The van der Waals surface area contributed by atoms with Crippen LogP contribution in [0.2, 0.25) is 0 Å². The van der Waals surface area contributed by atoms with E-state index in [0.717, 1.165) is 35.3 Å². The van der Waals surface area contributed by atoms with Crippen molar-refractivity contribution < 1.29 is 9.15 Å². The number of halogens is 1. The molecule has 0 spiro atoms. The number of hydrogen-bond donors (Lipinski definition) is 1. The number of fused-ring (bicyclic) bond motifs is 1. The normalized spacial score (nSPS) is 11.2. The number of hydrogen-bond acceptors (Lipinski definition) is 3. The van der Waals surface area contributed by atoms with Gasteiger partial charge < -0.3 is 14.5 Å². The molecule has 92 valence electrons. The second-order valence-electron chi connectivity index (χ2n) is 4.03. The van der Waals surface area contributed by atoms with Crippen molar-refractivity contribution in [3.05, 3.63) is 34.0 Å². The number of methoxy groups -OCH3 is 1. The zero-order valence-corrected chi connectivity index (χ0v) is 11.6. The van der Waals surface area contributed by atoms with E-state index in [1.165, 1.54) is 10.9 Å². The molecule has 0 aliphatic rings. The molecule has 0 atom stereocenters. The molecule has 1 N–H and O–H groups in total. The first-order valence-corrected chi connectivity index (χ1v) is 6.37. The Balaban J connectivity index is 2.18. The van der Waals surface area contributed by atoms with Gasteiger partial charge in [-0.25, -0.2) is 0 Å². The number of ether oxygens (including phenoxy) is 1. The summed E-state index contributed by atoms with van der Waals surface area (Å²) in [7, 11) is 1.70. The Morgan fingerprint density at radius 2 is 2.24 bits per heavy atom.